The molecule has 0 aromatic heterocycles. The van der Waals surface area contributed by atoms with Crippen LogP contribution < -0.4 is 5.32 Å². The van der Waals surface area contributed by atoms with E-state index < -0.39 is 0 Å². The van der Waals surface area contributed by atoms with E-state index in [1.165, 1.54) is 0 Å². The van der Waals surface area contributed by atoms with Crippen molar-refractivity contribution in [3.8, 4) is 0 Å². The van der Waals surface area contributed by atoms with E-state index in [4.69, 9.17) is 4.74 Å². The van der Waals surface area contributed by atoms with Crippen LogP contribution in [-0.4, -0.2) is 40.6 Å². The summed E-state index contributed by atoms with van der Waals surface area (Å²) in [7, 11) is 0. The number of carbonyl (C=O) groups is 1. The lowest BCUT2D eigenvalue weighted by Gasteiger charge is -2.49. The summed E-state index contributed by atoms with van der Waals surface area (Å²) in [5.74, 6) is 0.0830. The first kappa shape index (κ1) is 16.1. The van der Waals surface area contributed by atoms with Gasteiger partial charge in [-0.05, 0) is 64.5 Å². The number of morpholine rings is 1. The van der Waals surface area contributed by atoms with Crippen LogP contribution in [-0.2, 0) is 9.53 Å². The highest BCUT2D eigenvalue weighted by Gasteiger charge is 2.66. The Labute approximate surface area is 144 Å². The quantitative estimate of drug-likeness (QED) is 0.924. The molecule has 3 fully saturated rings. The largest absolute Gasteiger partial charge is 0.365 e. The van der Waals surface area contributed by atoms with Crippen LogP contribution in [0.25, 0.3) is 0 Å². The molecule has 4 heteroatoms. The van der Waals surface area contributed by atoms with Gasteiger partial charge in [0.1, 0.15) is 0 Å². The average molecular weight is 328 g/mol. The molecule has 2 aliphatic carbocycles. The molecule has 1 N–H and O–H groups in total. The number of nitrogens with zero attached hydrogens (tertiary/aromatic N) is 1. The minimum absolute atomic E-state index is 0.0157. The van der Waals surface area contributed by atoms with Crippen LogP contribution in [0.1, 0.15) is 50.7 Å². The van der Waals surface area contributed by atoms with Crippen LogP contribution >= 0.6 is 0 Å². The average Bonchev–Trinajstić information content (AvgIpc) is 3.45. The van der Waals surface area contributed by atoms with Gasteiger partial charge in [-0.2, -0.15) is 0 Å². The van der Waals surface area contributed by atoms with Crippen LogP contribution in [0.15, 0.2) is 18.2 Å². The topological polar surface area (TPSA) is 41.6 Å². The maximum atomic E-state index is 12.7. The molecular formula is C20H28N2O2. The Bertz CT molecular complexity index is 632. The third kappa shape index (κ3) is 2.47. The summed E-state index contributed by atoms with van der Waals surface area (Å²) in [5, 5.41) is 3.14. The first-order chi connectivity index (χ1) is 11.4. The molecule has 2 saturated carbocycles. The first-order valence-corrected chi connectivity index (χ1v) is 9.19. The van der Waals surface area contributed by atoms with E-state index in [2.05, 4.69) is 24.1 Å². The molecule has 1 amide bonds. The molecule has 0 bridgehead atoms. The molecule has 1 aromatic rings. The van der Waals surface area contributed by atoms with Crippen molar-refractivity contribution >= 4 is 11.6 Å². The Morgan fingerprint density at radius 3 is 2.08 bits per heavy atom. The maximum absolute atomic E-state index is 12.7. The minimum Gasteiger partial charge on any atom is -0.365 e. The lowest BCUT2D eigenvalue weighted by atomic mass is 9.97. The summed E-state index contributed by atoms with van der Waals surface area (Å²) < 4.78 is 6.50. The van der Waals surface area contributed by atoms with E-state index in [9.17, 15) is 4.79 Å². The number of anilines is 1. The van der Waals surface area contributed by atoms with Gasteiger partial charge in [-0.1, -0.05) is 18.2 Å². The summed E-state index contributed by atoms with van der Waals surface area (Å²) >= 11 is 0. The van der Waals surface area contributed by atoms with Crippen molar-refractivity contribution in [3.63, 3.8) is 0 Å². The zero-order valence-corrected chi connectivity index (χ0v) is 15.2. The van der Waals surface area contributed by atoms with Crippen molar-refractivity contribution in [1.29, 1.82) is 0 Å². The lowest BCUT2D eigenvalue weighted by molar-refractivity contribution is -0.175. The van der Waals surface area contributed by atoms with E-state index in [0.717, 1.165) is 42.5 Å². The minimum atomic E-state index is 0.0157. The van der Waals surface area contributed by atoms with Gasteiger partial charge in [0.25, 0.3) is 0 Å². The van der Waals surface area contributed by atoms with Crippen LogP contribution in [0.3, 0.4) is 0 Å². The molecule has 4 rings (SSSR count). The van der Waals surface area contributed by atoms with Crippen molar-refractivity contribution in [2.45, 2.75) is 76.7 Å². The first-order valence-electron chi connectivity index (χ1n) is 9.19. The fourth-order valence-corrected chi connectivity index (χ4v) is 4.43. The van der Waals surface area contributed by atoms with Gasteiger partial charge < -0.3 is 10.1 Å². The summed E-state index contributed by atoms with van der Waals surface area (Å²) in [6.45, 7) is 8.99. The van der Waals surface area contributed by atoms with Crippen molar-refractivity contribution in [1.82, 2.24) is 4.90 Å². The molecule has 130 valence electrons. The monoisotopic (exact) mass is 328 g/mol. The number of nitrogens with one attached hydrogen (secondary N) is 1. The normalized spacial score (nSPS) is 29.7. The molecular weight excluding hydrogens is 300 g/mol. The van der Waals surface area contributed by atoms with Crippen LogP contribution in [0, 0.1) is 13.8 Å². The van der Waals surface area contributed by atoms with E-state index in [1.54, 1.807) is 0 Å². The molecule has 1 aliphatic heterocycles. The van der Waals surface area contributed by atoms with E-state index >= 15 is 0 Å². The highest BCUT2D eigenvalue weighted by atomic mass is 16.5. The highest BCUT2D eigenvalue weighted by molar-refractivity contribution is 5.93. The second-order valence-electron chi connectivity index (χ2n) is 8.07. The van der Waals surface area contributed by atoms with E-state index in [0.29, 0.717) is 18.6 Å². The number of benzene rings is 1. The number of para-hydroxylation sites is 1. The van der Waals surface area contributed by atoms with E-state index in [-0.39, 0.29) is 17.1 Å². The zero-order chi connectivity index (χ0) is 17.1. The number of hydrogen-bond donors (Lipinski definition) is 1. The third-order valence-corrected chi connectivity index (χ3v) is 6.48. The molecule has 2 atom stereocenters. The van der Waals surface area contributed by atoms with Crippen LogP contribution in [0.5, 0.6) is 0 Å². The molecule has 2 unspecified atom stereocenters. The molecule has 4 nitrogen and oxygen atoms in total. The van der Waals surface area contributed by atoms with Gasteiger partial charge in [-0.3, -0.25) is 9.69 Å². The Kier molecular flexibility index (Phi) is 3.56. The summed E-state index contributed by atoms with van der Waals surface area (Å²) in [5.41, 5.74) is 3.22. The second kappa shape index (κ2) is 5.30. The zero-order valence-electron chi connectivity index (χ0n) is 15.2. The Hall–Kier alpha value is -1.39. The number of carbonyl (C=O) groups excluding carboxylic acids is 1. The Morgan fingerprint density at radius 2 is 1.62 bits per heavy atom. The summed E-state index contributed by atoms with van der Waals surface area (Å²) in [6, 6.07) is 6.73. The SMILES string of the molecule is Cc1cccc(C)c1NC(=O)CN1C(C)C2(CC2)OC2(CC2)C1C. The molecule has 1 heterocycles. The van der Waals surface area contributed by atoms with Gasteiger partial charge in [-0.15, -0.1) is 0 Å². The second-order valence-corrected chi connectivity index (χ2v) is 8.07. The molecule has 24 heavy (non-hydrogen) atoms. The third-order valence-electron chi connectivity index (χ3n) is 6.48. The fraction of sp³-hybridized carbons (Fsp3) is 0.650. The van der Waals surface area contributed by atoms with Crippen molar-refractivity contribution in [2.75, 3.05) is 11.9 Å². The maximum Gasteiger partial charge on any atom is 0.238 e. The number of hydrogen-bond acceptors (Lipinski definition) is 3. The predicted molar refractivity (Wildman–Crippen MR) is 95.2 cm³/mol. The van der Waals surface area contributed by atoms with Crippen molar-refractivity contribution < 1.29 is 9.53 Å². The lowest BCUT2D eigenvalue weighted by Crippen LogP contribution is -2.62. The molecule has 0 radical (unpaired) electrons. The number of ether oxygens (including phenoxy) is 1. The Morgan fingerprint density at radius 1 is 1.12 bits per heavy atom. The van der Waals surface area contributed by atoms with Gasteiger partial charge in [0.15, 0.2) is 0 Å². The molecule has 1 saturated heterocycles. The molecule has 2 spiro atoms. The fourth-order valence-electron chi connectivity index (χ4n) is 4.43. The number of aryl methyl sites for hydroxylation is 2. The number of rotatable bonds is 3. The predicted octanol–water partition coefficient (Wildman–Crippen LogP) is 3.42. The van der Waals surface area contributed by atoms with Gasteiger partial charge in [0.2, 0.25) is 5.91 Å². The Balaban J connectivity index is 1.50. The molecule has 3 aliphatic rings. The smallest absolute Gasteiger partial charge is 0.238 e. The molecule has 1 aromatic carbocycles. The van der Waals surface area contributed by atoms with Crippen LogP contribution in [0.4, 0.5) is 5.69 Å². The van der Waals surface area contributed by atoms with Gasteiger partial charge >= 0.3 is 0 Å². The summed E-state index contributed by atoms with van der Waals surface area (Å²) in [6.07, 6.45) is 4.55. The highest BCUT2D eigenvalue weighted by Crippen LogP contribution is 2.59. The standard InChI is InChI=1S/C20H28N2O2/c1-13-6-5-7-14(2)18(13)21-17(23)12-22-15(3)19(8-9-19)24-20(10-11-20)16(22)4/h5-7,15-16H,8-12H2,1-4H3,(H,21,23). The van der Waals surface area contributed by atoms with Gasteiger partial charge in [0.05, 0.1) is 17.7 Å². The van der Waals surface area contributed by atoms with Crippen molar-refractivity contribution in [2.24, 2.45) is 0 Å². The summed E-state index contributed by atoms with van der Waals surface area (Å²) in [4.78, 5) is 15.1. The number of amides is 1. The van der Waals surface area contributed by atoms with Gasteiger partial charge in [0, 0.05) is 17.8 Å². The van der Waals surface area contributed by atoms with Gasteiger partial charge in [-0.25, -0.2) is 0 Å². The van der Waals surface area contributed by atoms with E-state index in [1.807, 2.05) is 32.0 Å². The van der Waals surface area contributed by atoms with Crippen molar-refractivity contribution in [3.05, 3.63) is 29.3 Å². The van der Waals surface area contributed by atoms with Crippen LogP contribution in [0.2, 0.25) is 0 Å².